The van der Waals surface area contributed by atoms with Crippen LogP contribution < -0.4 is 10.6 Å². The van der Waals surface area contributed by atoms with Crippen LogP contribution in [0.2, 0.25) is 0 Å². The second-order valence-electron chi connectivity index (χ2n) is 4.70. The van der Waals surface area contributed by atoms with E-state index in [9.17, 15) is 0 Å². The van der Waals surface area contributed by atoms with E-state index in [2.05, 4.69) is 30.8 Å². The van der Waals surface area contributed by atoms with Crippen LogP contribution in [-0.4, -0.2) is 44.5 Å². The van der Waals surface area contributed by atoms with Crippen LogP contribution in [0.3, 0.4) is 0 Å². The summed E-state index contributed by atoms with van der Waals surface area (Å²) in [6.07, 6.45) is 1.15. The molecule has 0 aromatic heterocycles. The normalized spacial score (nSPS) is 10.7. The lowest BCUT2D eigenvalue weighted by Gasteiger charge is -2.24. The van der Waals surface area contributed by atoms with E-state index in [1.807, 2.05) is 24.3 Å². The second kappa shape index (κ2) is 7.01. The Morgan fingerprint density at radius 2 is 1.78 bits per heavy atom. The third kappa shape index (κ3) is 4.37. The minimum Gasteiger partial charge on any atom is -0.384 e. The number of hydrogen-bond donors (Lipinski definition) is 2. The summed E-state index contributed by atoms with van der Waals surface area (Å²) < 4.78 is 0. The molecule has 0 saturated heterocycles. The van der Waals surface area contributed by atoms with Crippen LogP contribution >= 0.6 is 0 Å². The standard InChI is InChI=1S/C14H24N4/c1-4-18(11-5-10-17(2)3)13-8-6-12(7-9-13)14(15)16/h6-9H,4-5,10-11H2,1-3H3,(H3,15,16). The van der Waals surface area contributed by atoms with Gasteiger partial charge < -0.3 is 15.5 Å². The summed E-state index contributed by atoms with van der Waals surface area (Å²) in [6, 6.07) is 7.89. The molecule has 4 nitrogen and oxygen atoms in total. The average molecular weight is 248 g/mol. The van der Waals surface area contributed by atoms with Gasteiger partial charge >= 0.3 is 0 Å². The molecule has 0 saturated carbocycles. The van der Waals surface area contributed by atoms with Crippen molar-refractivity contribution in [3.8, 4) is 0 Å². The number of nitrogens with two attached hydrogens (primary N) is 1. The van der Waals surface area contributed by atoms with Crippen LogP contribution in [0.5, 0.6) is 0 Å². The number of nitrogens with one attached hydrogen (secondary N) is 1. The van der Waals surface area contributed by atoms with Crippen LogP contribution in [0, 0.1) is 5.41 Å². The smallest absolute Gasteiger partial charge is 0.122 e. The van der Waals surface area contributed by atoms with Crippen molar-refractivity contribution in [2.75, 3.05) is 38.6 Å². The lowest BCUT2D eigenvalue weighted by atomic mass is 10.1. The number of amidine groups is 1. The van der Waals surface area contributed by atoms with E-state index in [4.69, 9.17) is 11.1 Å². The van der Waals surface area contributed by atoms with Crippen LogP contribution in [-0.2, 0) is 0 Å². The quantitative estimate of drug-likeness (QED) is 0.571. The first-order valence-electron chi connectivity index (χ1n) is 6.38. The minimum absolute atomic E-state index is 0.122. The lowest BCUT2D eigenvalue weighted by Crippen LogP contribution is -2.27. The molecular formula is C14H24N4. The monoisotopic (exact) mass is 248 g/mol. The van der Waals surface area contributed by atoms with E-state index >= 15 is 0 Å². The fourth-order valence-corrected chi connectivity index (χ4v) is 1.90. The van der Waals surface area contributed by atoms with Crippen molar-refractivity contribution in [3.05, 3.63) is 29.8 Å². The molecule has 18 heavy (non-hydrogen) atoms. The van der Waals surface area contributed by atoms with Gasteiger partial charge in [-0.1, -0.05) is 0 Å². The molecule has 0 bridgehead atoms. The molecule has 1 rings (SSSR count). The maximum absolute atomic E-state index is 7.37. The summed E-state index contributed by atoms with van der Waals surface area (Å²) in [5.74, 6) is 0.122. The Morgan fingerprint density at radius 1 is 1.17 bits per heavy atom. The summed E-state index contributed by atoms with van der Waals surface area (Å²) in [5, 5.41) is 7.37. The van der Waals surface area contributed by atoms with Gasteiger partial charge in [-0.25, -0.2) is 0 Å². The summed E-state index contributed by atoms with van der Waals surface area (Å²) in [6.45, 7) is 5.30. The van der Waals surface area contributed by atoms with Crippen molar-refractivity contribution in [1.29, 1.82) is 5.41 Å². The predicted octanol–water partition coefficient (Wildman–Crippen LogP) is 1.75. The lowest BCUT2D eigenvalue weighted by molar-refractivity contribution is 0.400. The van der Waals surface area contributed by atoms with Crippen molar-refractivity contribution in [1.82, 2.24) is 4.90 Å². The second-order valence-corrected chi connectivity index (χ2v) is 4.70. The summed E-state index contributed by atoms with van der Waals surface area (Å²) in [7, 11) is 4.19. The average Bonchev–Trinajstić information content (AvgIpc) is 2.34. The molecule has 0 aliphatic carbocycles. The third-order valence-electron chi connectivity index (χ3n) is 2.96. The van der Waals surface area contributed by atoms with E-state index in [1.54, 1.807) is 0 Å². The Hall–Kier alpha value is -1.55. The Bertz CT molecular complexity index is 370. The van der Waals surface area contributed by atoms with Crippen molar-refractivity contribution >= 4 is 11.5 Å². The molecule has 1 aromatic rings. The van der Waals surface area contributed by atoms with Gasteiger partial charge in [0.1, 0.15) is 5.84 Å². The van der Waals surface area contributed by atoms with Gasteiger partial charge in [-0.05, 0) is 58.3 Å². The number of nitrogens with zero attached hydrogens (tertiary/aromatic N) is 2. The molecule has 4 heteroatoms. The van der Waals surface area contributed by atoms with Crippen LogP contribution in [0.1, 0.15) is 18.9 Å². The Morgan fingerprint density at radius 3 is 2.22 bits per heavy atom. The van der Waals surface area contributed by atoms with Gasteiger partial charge in [-0.2, -0.15) is 0 Å². The first kappa shape index (κ1) is 14.5. The number of rotatable bonds is 7. The predicted molar refractivity (Wildman–Crippen MR) is 78.5 cm³/mol. The topological polar surface area (TPSA) is 56.4 Å². The Kier molecular flexibility index (Phi) is 5.65. The molecular weight excluding hydrogens is 224 g/mol. The van der Waals surface area contributed by atoms with Gasteiger partial charge in [0.25, 0.3) is 0 Å². The zero-order valence-electron chi connectivity index (χ0n) is 11.6. The highest BCUT2D eigenvalue weighted by molar-refractivity contribution is 5.95. The van der Waals surface area contributed by atoms with Crippen molar-refractivity contribution in [3.63, 3.8) is 0 Å². The highest BCUT2D eigenvalue weighted by Gasteiger charge is 2.05. The molecule has 0 spiro atoms. The fraction of sp³-hybridized carbons (Fsp3) is 0.500. The van der Waals surface area contributed by atoms with Gasteiger partial charge in [0.2, 0.25) is 0 Å². The van der Waals surface area contributed by atoms with Crippen molar-refractivity contribution in [2.45, 2.75) is 13.3 Å². The summed E-state index contributed by atoms with van der Waals surface area (Å²) >= 11 is 0. The number of benzene rings is 1. The molecule has 0 radical (unpaired) electrons. The van der Waals surface area contributed by atoms with E-state index in [0.717, 1.165) is 31.6 Å². The molecule has 3 N–H and O–H groups in total. The highest BCUT2D eigenvalue weighted by atomic mass is 15.1. The van der Waals surface area contributed by atoms with E-state index < -0.39 is 0 Å². The van der Waals surface area contributed by atoms with Crippen LogP contribution in [0.15, 0.2) is 24.3 Å². The number of nitrogen functional groups attached to an aromatic ring is 1. The third-order valence-corrected chi connectivity index (χ3v) is 2.96. The molecule has 0 unspecified atom stereocenters. The zero-order chi connectivity index (χ0) is 13.5. The molecule has 0 fully saturated rings. The SMILES string of the molecule is CCN(CCCN(C)C)c1ccc(C(=N)N)cc1. The van der Waals surface area contributed by atoms with Crippen molar-refractivity contribution in [2.24, 2.45) is 5.73 Å². The number of anilines is 1. The molecule has 0 amide bonds. The molecule has 0 aliphatic rings. The van der Waals surface area contributed by atoms with Gasteiger partial charge in [0.15, 0.2) is 0 Å². The Balaban J connectivity index is 2.61. The molecule has 1 aromatic carbocycles. The first-order chi connectivity index (χ1) is 8.54. The van der Waals surface area contributed by atoms with Gasteiger partial charge in [0.05, 0.1) is 0 Å². The summed E-state index contributed by atoms with van der Waals surface area (Å²) in [5.41, 5.74) is 7.43. The first-order valence-corrected chi connectivity index (χ1v) is 6.38. The minimum atomic E-state index is 0.122. The highest BCUT2D eigenvalue weighted by Crippen LogP contribution is 2.15. The molecule has 0 atom stereocenters. The maximum Gasteiger partial charge on any atom is 0.122 e. The van der Waals surface area contributed by atoms with Gasteiger partial charge in [-0.15, -0.1) is 0 Å². The molecule has 0 aliphatic heterocycles. The summed E-state index contributed by atoms with van der Waals surface area (Å²) in [4.78, 5) is 4.54. The van der Waals surface area contributed by atoms with Gasteiger partial charge in [0, 0.05) is 24.3 Å². The zero-order valence-corrected chi connectivity index (χ0v) is 11.6. The van der Waals surface area contributed by atoms with E-state index in [0.29, 0.717) is 0 Å². The van der Waals surface area contributed by atoms with Crippen LogP contribution in [0.25, 0.3) is 0 Å². The van der Waals surface area contributed by atoms with E-state index in [1.165, 1.54) is 5.69 Å². The Labute approximate surface area is 110 Å². The van der Waals surface area contributed by atoms with Gasteiger partial charge in [-0.3, -0.25) is 5.41 Å². The largest absolute Gasteiger partial charge is 0.384 e. The van der Waals surface area contributed by atoms with Crippen molar-refractivity contribution < 1.29 is 0 Å². The number of hydrogen-bond acceptors (Lipinski definition) is 3. The van der Waals surface area contributed by atoms with E-state index in [-0.39, 0.29) is 5.84 Å². The fourth-order valence-electron chi connectivity index (χ4n) is 1.90. The maximum atomic E-state index is 7.37. The molecule has 0 heterocycles. The molecule has 100 valence electrons. The van der Waals surface area contributed by atoms with Crippen LogP contribution in [0.4, 0.5) is 5.69 Å².